The minimum atomic E-state index is -1.02. The molecule has 1 fully saturated rings. The fourth-order valence-corrected chi connectivity index (χ4v) is 2.22. The molecule has 1 aliphatic rings. The maximum atomic E-state index is 12.1. The van der Waals surface area contributed by atoms with E-state index in [1.807, 2.05) is 0 Å². The Labute approximate surface area is 144 Å². The maximum Gasteiger partial charge on any atom is 0.322 e. The lowest BCUT2D eigenvalue weighted by molar-refractivity contribution is -0.153. The quantitative estimate of drug-likeness (QED) is 0.488. The average molecular weight is 349 g/mol. The Kier molecular flexibility index (Phi) is 5.93. The molecule has 1 aliphatic heterocycles. The van der Waals surface area contributed by atoms with Crippen molar-refractivity contribution in [2.24, 2.45) is 0 Å². The molecule has 9 heteroatoms. The zero-order valence-electron chi connectivity index (χ0n) is 13.8. The molecule has 0 spiro atoms. The van der Waals surface area contributed by atoms with Gasteiger partial charge < -0.3 is 20.1 Å². The molecular formula is C16H19N3O6. The highest BCUT2D eigenvalue weighted by atomic mass is 16.5. The van der Waals surface area contributed by atoms with E-state index in [1.54, 1.807) is 24.3 Å². The van der Waals surface area contributed by atoms with E-state index in [1.165, 1.54) is 14.0 Å². The van der Waals surface area contributed by atoms with Gasteiger partial charge in [-0.25, -0.2) is 4.79 Å². The standard InChI is InChI=1S/C16H19N3O6/c1-9(14(21)17-10-5-3-4-6-12(10)24-2)25-13(20)8-7-11-15(22)19-16(23)18-11/h3-6,9,11H,7-8H2,1-2H3,(H,17,21)(H2,18,19,22,23)/t9-,11+/m0/s1. The Morgan fingerprint density at radius 2 is 2.00 bits per heavy atom. The number of para-hydroxylation sites is 2. The Balaban J connectivity index is 1.81. The van der Waals surface area contributed by atoms with Crippen molar-refractivity contribution in [3.8, 4) is 5.75 Å². The lowest BCUT2D eigenvalue weighted by Crippen LogP contribution is -2.32. The molecule has 9 nitrogen and oxygen atoms in total. The minimum Gasteiger partial charge on any atom is -0.495 e. The summed E-state index contributed by atoms with van der Waals surface area (Å²) in [5.41, 5.74) is 0.461. The van der Waals surface area contributed by atoms with Gasteiger partial charge in [-0.2, -0.15) is 0 Å². The Morgan fingerprint density at radius 3 is 2.64 bits per heavy atom. The number of hydrogen-bond acceptors (Lipinski definition) is 6. The third kappa shape index (κ3) is 4.93. The zero-order valence-corrected chi connectivity index (χ0v) is 13.8. The monoisotopic (exact) mass is 349 g/mol. The van der Waals surface area contributed by atoms with Crippen LogP contribution in [0.25, 0.3) is 0 Å². The van der Waals surface area contributed by atoms with E-state index < -0.39 is 36.0 Å². The van der Waals surface area contributed by atoms with Gasteiger partial charge in [-0.1, -0.05) is 12.1 Å². The molecule has 1 aromatic carbocycles. The minimum absolute atomic E-state index is 0.0945. The maximum absolute atomic E-state index is 12.1. The summed E-state index contributed by atoms with van der Waals surface area (Å²) < 4.78 is 10.2. The molecule has 1 saturated heterocycles. The van der Waals surface area contributed by atoms with Crippen molar-refractivity contribution in [1.29, 1.82) is 0 Å². The summed E-state index contributed by atoms with van der Waals surface area (Å²) in [7, 11) is 1.48. The molecule has 3 N–H and O–H groups in total. The fraction of sp³-hybridized carbons (Fsp3) is 0.375. The van der Waals surface area contributed by atoms with Crippen LogP contribution >= 0.6 is 0 Å². The normalized spacial score (nSPS) is 17.3. The molecule has 0 radical (unpaired) electrons. The second kappa shape index (κ2) is 8.13. The Morgan fingerprint density at radius 1 is 1.28 bits per heavy atom. The van der Waals surface area contributed by atoms with Crippen LogP contribution in [0.3, 0.4) is 0 Å². The number of rotatable bonds is 7. The summed E-state index contributed by atoms with van der Waals surface area (Å²) in [6.45, 7) is 1.44. The number of nitrogens with one attached hydrogen (secondary N) is 3. The third-order valence-electron chi connectivity index (χ3n) is 3.54. The van der Waals surface area contributed by atoms with Gasteiger partial charge in [0.1, 0.15) is 11.8 Å². The van der Waals surface area contributed by atoms with Gasteiger partial charge in [0.2, 0.25) is 0 Å². The summed E-state index contributed by atoms with van der Waals surface area (Å²) in [4.78, 5) is 46.3. The van der Waals surface area contributed by atoms with Gasteiger partial charge >= 0.3 is 12.0 Å². The number of urea groups is 1. The molecule has 0 bridgehead atoms. The first-order chi connectivity index (χ1) is 11.9. The van der Waals surface area contributed by atoms with E-state index in [0.29, 0.717) is 11.4 Å². The van der Waals surface area contributed by atoms with Crippen LogP contribution in [0.1, 0.15) is 19.8 Å². The molecule has 25 heavy (non-hydrogen) atoms. The van der Waals surface area contributed by atoms with Crippen LogP contribution in [0.5, 0.6) is 5.75 Å². The number of hydrogen-bond donors (Lipinski definition) is 3. The van der Waals surface area contributed by atoms with Gasteiger partial charge in [-0.05, 0) is 25.5 Å². The molecule has 1 heterocycles. The van der Waals surface area contributed by atoms with Crippen molar-refractivity contribution in [2.45, 2.75) is 31.9 Å². The number of ether oxygens (including phenoxy) is 2. The number of carbonyl (C=O) groups is 4. The lowest BCUT2D eigenvalue weighted by Gasteiger charge is -2.15. The molecule has 2 atom stereocenters. The molecule has 0 aromatic heterocycles. The van der Waals surface area contributed by atoms with Crippen LogP contribution in [0.15, 0.2) is 24.3 Å². The highest BCUT2D eigenvalue weighted by Crippen LogP contribution is 2.23. The van der Waals surface area contributed by atoms with Crippen molar-refractivity contribution in [3.63, 3.8) is 0 Å². The van der Waals surface area contributed by atoms with E-state index in [2.05, 4.69) is 16.0 Å². The topological polar surface area (TPSA) is 123 Å². The summed E-state index contributed by atoms with van der Waals surface area (Å²) in [6.07, 6.45) is -1.04. The largest absolute Gasteiger partial charge is 0.495 e. The number of benzene rings is 1. The van der Waals surface area contributed by atoms with Gasteiger partial charge in [0.05, 0.1) is 12.8 Å². The molecule has 134 valence electrons. The van der Waals surface area contributed by atoms with Crippen LogP contribution in [0.2, 0.25) is 0 Å². The number of imide groups is 1. The molecular weight excluding hydrogens is 330 g/mol. The fourth-order valence-electron chi connectivity index (χ4n) is 2.22. The van der Waals surface area contributed by atoms with Gasteiger partial charge in [0.25, 0.3) is 11.8 Å². The van der Waals surface area contributed by atoms with E-state index in [4.69, 9.17) is 9.47 Å². The molecule has 0 saturated carbocycles. The first-order valence-electron chi connectivity index (χ1n) is 7.65. The van der Waals surface area contributed by atoms with Crippen LogP contribution in [0.4, 0.5) is 10.5 Å². The highest BCUT2D eigenvalue weighted by Gasteiger charge is 2.30. The highest BCUT2D eigenvalue weighted by molar-refractivity contribution is 6.04. The van der Waals surface area contributed by atoms with Crippen molar-refractivity contribution < 1.29 is 28.7 Å². The van der Waals surface area contributed by atoms with E-state index in [9.17, 15) is 19.2 Å². The van der Waals surface area contributed by atoms with Gasteiger partial charge in [0, 0.05) is 6.42 Å². The molecule has 2 rings (SSSR count). The third-order valence-corrected chi connectivity index (χ3v) is 3.54. The molecule has 0 aliphatic carbocycles. The van der Waals surface area contributed by atoms with Crippen molar-refractivity contribution in [1.82, 2.24) is 10.6 Å². The summed E-state index contributed by atoms with van der Waals surface area (Å²) >= 11 is 0. The van der Waals surface area contributed by atoms with E-state index in [0.717, 1.165) is 0 Å². The smallest absolute Gasteiger partial charge is 0.322 e. The van der Waals surface area contributed by atoms with Crippen LogP contribution in [-0.4, -0.2) is 43.1 Å². The van der Waals surface area contributed by atoms with E-state index >= 15 is 0 Å². The molecule has 0 unspecified atom stereocenters. The van der Waals surface area contributed by atoms with Gasteiger partial charge in [-0.15, -0.1) is 0 Å². The summed E-state index contributed by atoms with van der Waals surface area (Å²) in [5, 5.41) is 7.06. The van der Waals surface area contributed by atoms with Crippen molar-refractivity contribution in [3.05, 3.63) is 24.3 Å². The number of esters is 1. The van der Waals surface area contributed by atoms with Crippen LogP contribution < -0.4 is 20.7 Å². The van der Waals surface area contributed by atoms with E-state index in [-0.39, 0.29) is 12.8 Å². The van der Waals surface area contributed by atoms with Gasteiger partial charge in [0.15, 0.2) is 6.10 Å². The van der Waals surface area contributed by atoms with Crippen molar-refractivity contribution >= 4 is 29.5 Å². The lowest BCUT2D eigenvalue weighted by atomic mass is 10.1. The SMILES string of the molecule is COc1ccccc1NC(=O)[C@H](C)OC(=O)CC[C@H]1NC(=O)NC1=O. The molecule has 1 aromatic rings. The first-order valence-corrected chi connectivity index (χ1v) is 7.65. The number of amides is 4. The Bertz CT molecular complexity index is 690. The van der Waals surface area contributed by atoms with Crippen molar-refractivity contribution in [2.75, 3.05) is 12.4 Å². The van der Waals surface area contributed by atoms with Crippen LogP contribution in [0, 0.1) is 0 Å². The number of anilines is 1. The second-order valence-corrected chi connectivity index (χ2v) is 5.38. The average Bonchev–Trinajstić information content (AvgIpc) is 2.90. The number of methoxy groups -OCH3 is 1. The predicted octanol–water partition coefficient (Wildman–Crippen LogP) is 0.554. The predicted molar refractivity (Wildman–Crippen MR) is 86.9 cm³/mol. The number of carbonyl (C=O) groups excluding carboxylic acids is 4. The second-order valence-electron chi connectivity index (χ2n) is 5.38. The van der Waals surface area contributed by atoms with Gasteiger partial charge in [-0.3, -0.25) is 19.7 Å². The van der Waals surface area contributed by atoms with Crippen LogP contribution in [-0.2, 0) is 19.1 Å². The summed E-state index contributed by atoms with van der Waals surface area (Å²) in [6, 6.07) is 5.48. The first kappa shape index (κ1) is 18.2. The zero-order chi connectivity index (χ0) is 18.4. The molecule has 4 amide bonds. The summed E-state index contributed by atoms with van der Waals surface area (Å²) in [5.74, 6) is -1.15. The Hall–Kier alpha value is -3.10.